The Bertz CT molecular complexity index is 405. The first-order valence-electron chi connectivity index (χ1n) is 5.26. The number of fused-ring (bicyclic) bond motifs is 3. The summed E-state index contributed by atoms with van der Waals surface area (Å²) in [6.45, 7) is 1.86. The standard InChI is InChI=1S/C11H13N3O/c15-11-10-12-6-3-7-14(10)9-5-2-1-4-8(9)13-11/h1-2,4-5,10,12H,3,6-7H2,(H,13,15). The van der Waals surface area contributed by atoms with Crippen molar-refractivity contribution in [2.45, 2.75) is 12.6 Å². The van der Waals surface area contributed by atoms with E-state index in [2.05, 4.69) is 21.6 Å². The van der Waals surface area contributed by atoms with Crippen LogP contribution in [0.3, 0.4) is 0 Å². The van der Waals surface area contributed by atoms with Gasteiger partial charge in [0.05, 0.1) is 11.4 Å². The van der Waals surface area contributed by atoms with Crippen LogP contribution >= 0.6 is 0 Å². The lowest BCUT2D eigenvalue weighted by molar-refractivity contribution is -0.118. The van der Waals surface area contributed by atoms with Crippen LogP contribution in [-0.2, 0) is 4.79 Å². The predicted molar refractivity (Wildman–Crippen MR) is 58.8 cm³/mol. The smallest absolute Gasteiger partial charge is 0.262 e. The third-order valence-corrected chi connectivity index (χ3v) is 2.94. The number of nitrogens with zero attached hydrogens (tertiary/aromatic N) is 1. The quantitative estimate of drug-likeness (QED) is 0.654. The highest BCUT2D eigenvalue weighted by atomic mass is 16.2. The number of carbonyl (C=O) groups excluding carboxylic acids is 1. The molecule has 15 heavy (non-hydrogen) atoms. The second-order valence-corrected chi connectivity index (χ2v) is 3.91. The van der Waals surface area contributed by atoms with E-state index in [9.17, 15) is 4.79 Å². The molecule has 2 aliphatic heterocycles. The highest BCUT2D eigenvalue weighted by molar-refractivity contribution is 6.03. The monoisotopic (exact) mass is 203 g/mol. The van der Waals surface area contributed by atoms with Crippen LogP contribution in [0, 0.1) is 0 Å². The van der Waals surface area contributed by atoms with Crippen molar-refractivity contribution < 1.29 is 4.79 Å². The van der Waals surface area contributed by atoms with Crippen molar-refractivity contribution in [3.63, 3.8) is 0 Å². The summed E-state index contributed by atoms with van der Waals surface area (Å²) in [5.41, 5.74) is 2.04. The van der Waals surface area contributed by atoms with Gasteiger partial charge in [-0.25, -0.2) is 0 Å². The summed E-state index contributed by atoms with van der Waals surface area (Å²) in [7, 11) is 0. The molecule has 1 fully saturated rings. The lowest BCUT2D eigenvalue weighted by atomic mass is 10.1. The minimum atomic E-state index is -0.186. The number of benzene rings is 1. The van der Waals surface area contributed by atoms with Crippen LogP contribution in [0.5, 0.6) is 0 Å². The summed E-state index contributed by atoms with van der Waals surface area (Å²) in [5, 5.41) is 6.14. The van der Waals surface area contributed by atoms with Gasteiger partial charge in [-0.1, -0.05) is 12.1 Å². The largest absolute Gasteiger partial charge is 0.346 e. The van der Waals surface area contributed by atoms with Crippen molar-refractivity contribution in [1.82, 2.24) is 5.32 Å². The van der Waals surface area contributed by atoms with Crippen molar-refractivity contribution in [2.24, 2.45) is 0 Å². The molecule has 0 radical (unpaired) electrons. The lowest BCUT2D eigenvalue weighted by Gasteiger charge is -2.41. The second kappa shape index (κ2) is 3.24. The molecule has 2 heterocycles. The van der Waals surface area contributed by atoms with Gasteiger partial charge >= 0.3 is 0 Å². The summed E-state index contributed by atoms with van der Waals surface area (Å²) >= 11 is 0. The molecule has 78 valence electrons. The first-order chi connectivity index (χ1) is 7.36. The molecule has 1 saturated heterocycles. The van der Waals surface area contributed by atoms with E-state index < -0.39 is 0 Å². The van der Waals surface area contributed by atoms with Crippen molar-refractivity contribution in [1.29, 1.82) is 0 Å². The van der Waals surface area contributed by atoms with E-state index in [1.165, 1.54) is 0 Å². The topological polar surface area (TPSA) is 44.4 Å². The van der Waals surface area contributed by atoms with Crippen molar-refractivity contribution >= 4 is 17.3 Å². The summed E-state index contributed by atoms with van der Waals surface area (Å²) in [6, 6.07) is 7.94. The fourth-order valence-corrected chi connectivity index (χ4v) is 2.25. The molecule has 0 saturated carbocycles. The van der Waals surface area contributed by atoms with Crippen molar-refractivity contribution in [3.05, 3.63) is 24.3 Å². The molecule has 1 atom stereocenters. The Hall–Kier alpha value is -1.55. The Morgan fingerprint density at radius 1 is 1.33 bits per heavy atom. The maximum atomic E-state index is 11.8. The van der Waals surface area contributed by atoms with Gasteiger partial charge in [0.15, 0.2) is 6.17 Å². The normalized spacial score (nSPS) is 24.1. The maximum Gasteiger partial charge on any atom is 0.262 e. The minimum Gasteiger partial charge on any atom is -0.346 e. The molecule has 0 aliphatic carbocycles. The summed E-state index contributed by atoms with van der Waals surface area (Å²) in [5.74, 6) is 0.0494. The van der Waals surface area contributed by atoms with Gasteiger partial charge < -0.3 is 10.2 Å². The first kappa shape index (κ1) is 8.73. The summed E-state index contributed by atoms with van der Waals surface area (Å²) in [6.07, 6.45) is 0.895. The van der Waals surface area contributed by atoms with Crippen LogP contribution in [0.4, 0.5) is 11.4 Å². The van der Waals surface area contributed by atoms with Gasteiger partial charge in [0.25, 0.3) is 5.91 Å². The minimum absolute atomic E-state index is 0.0494. The van der Waals surface area contributed by atoms with E-state index in [1.54, 1.807) is 0 Å². The third-order valence-electron chi connectivity index (χ3n) is 2.94. The Morgan fingerprint density at radius 3 is 3.13 bits per heavy atom. The average Bonchev–Trinajstić information content (AvgIpc) is 2.30. The van der Waals surface area contributed by atoms with Crippen LogP contribution in [-0.4, -0.2) is 25.2 Å². The number of nitrogens with one attached hydrogen (secondary N) is 2. The summed E-state index contributed by atoms with van der Waals surface area (Å²) < 4.78 is 0. The zero-order valence-electron chi connectivity index (χ0n) is 8.36. The highest BCUT2D eigenvalue weighted by Gasteiger charge is 2.33. The maximum absolute atomic E-state index is 11.8. The molecule has 4 nitrogen and oxygen atoms in total. The van der Waals surface area contributed by atoms with Gasteiger partial charge in [-0.15, -0.1) is 0 Å². The molecule has 2 N–H and O–H groups in total. The third kappa shape index (κ3) is 1.29. The molecule has 0 spiro atoms. The van der Waals surface area contributed by atoms with Crippen molar-refractivity contribution in [3.8, 4) is 0 Å². The Morgan fingerprint density at radius 2 is 2.20 bits per heavy atom. The number of rotatable bonds is 0. The van der Waals surface area contributed by atoms with E-state index in [0.29, 0.717) is 0 Å². The van der Waals surface area contributed by atoms with E-state index in [1.807, 2.05) is 18.2 Å². The van der Waals surface area contributed by atoms with Gasteiger partial charge in [-0.3, -0.25) is 10.1 Å². The molecule has 0 bridgehead atoms. The molecule has 1 aromatic carbocycles. The number of hydrogen-bond donors (Lipinski definition) is 2. The fourth-order valence-electron chi connectivity index (χ4n) is 2.25. The van der Waals surface area contributed by atoms with E-state index >= 15 is 0 Å². The molecule has 2 aliphatic rings. The van der Waals surface area contributed by atoms with Gasteiger partial charge in [0.2, 0.25) is 0 Å². The molecule has 1 unspecified atom stereocenters. The number of hydrogen-bond acceptors (Lipinski definition) is 3. The Kier molecular flexibility index (Phi) is 1.89. The molecular weight excluding hydrogens is 190 g/mol. The van der Waals surface area contributed by atoms with Gasteiger partial charge in [-0.05, 0) is 25.1 Å². The van der Waals surface area contributed by atoms with Crippen LogP contribution in [0.1, 0.15) is 6.42 Å². The Labute approximate surface area is 88.3 Å². The zero-order valence-corrected chi connectivity index (χ0v) is 8.36. The van der Waals surface area contributed by atoms with E-state index in [-0.39, 0.29) is 12.1 Å². The molecule has 4 heteroatoms. The van der Waals surface area contributed by atoms with Crippen molar-refractivity contribution in [2.75, 3.05) is 23.3 Å². The van der Waals surface area contributed by atoms with Crippen LogP contribution in [0.25, 0.3) is 0 Å². The molecule has 1 amide bonds. The van der Waals surface area contributed by atoms with Gasteiger partial charge in [-0.2, -0.15) is 0 Å². The molecule has 1 aromatic rings. The number of para-hydroxylation sites is 2. The molecular formula is C11H13N3O. The number of anilines is 2. The number of amides is 1. The van der Waals surface area contributed by atoms with Gasteiger partial charge in [0.1, 0.15) is 0 Å². The predicted octanol–water partition coefficient (Wildman–Crippen LogP) is 0.764. The SMILES string of the molecule is O=C1Nc2ccccc2N2CCCNC12. The number of carbonyl (C=O) groups is 1. The molecule has 0 aromatic heterocycles. The summed E-state index contributed by atoms with van der Waals surface area (Å²) in [4.78, 5) is 13.9. The fraction of sp³-hybridized carbons (Fsp3) is 0.364. The van der Waals surface area contributed by atoms with Crippen LogP contribution < -0.4 is 15.5 Å². The average molecular weight is 203 g/mol. The lowest BCUT2D eigenvalue weighted by Crippen LogP contribution is -2.59. The molecule has 3 rings (SSSR count). The van der Waals surface area contributed by atoms with Gasteiger partial charge in [0, 0.05) is 6.54 Å². The van der Waals surface area contributed by atoms with E-state index in [4.69, 9.17) is 0 Å². The second-order valence-electron chi connectivity index (χ2n) is 3.91. The van der Waals surface area contributed by atoms with Crippen LogP contribution in [0.2, 0.25) is 0 Å². The van der Waals surface area contributed by atoms with E-state index in [0.717, 1.165) is 30.9 Å². The van der Waals surface area contributed by atoms with Crippen LogP contribution in [0.15, 0.2) is 24.3 Å². The first-order valence-corrected chi connectivity index (χ1v) is 5.26. The highest BCUT2D eigenvalue weighted by Crippen LogP contribution is 2.31. The zero-order chi connectivity index (χ0) is 10.3. The Balaban J connectivity index is 2.06.